The molecule has 0 fully saturated rings. The fourth-order valence-corrected chi connectivity index (χ4v) is 3.96. The van der Waals surface area contributed by atoms with Crippen LogP contribution in [0, 0.1) is 13.8 Å². The number of rotatable bonds is 6. The number of carbonyl (C=O) groups is 1. The van der Waals surface area contributed by atoms with Gasteiger partial charge in [-0.05, 0) is 53.4 Å². The minimum atomic E-state index is -3.59. The Hall–Kier alpha value is -2.86. The third kappa shape index (κ3) is 4.51. The predicted octanol–water partition coefficient (Wildman–Crippen LogP) is 3.54. The lowest BCUT2D eigenvalue weighted by Crippen LogP contribution is -2.40. The Kier molecular flexibility index (Phi) is 5.70. The molecule has 146 valence electrons. The molecule has 0 unspecified atom stereocenters. The average Bonchev–Trinajstić information content (AvgIpc) is 2.66. The molecule has 0 heterocycles. The minimum Gasteiger partial charge on any atom is -0.350 e. The van der Waals surface area contributed by atoms with Gasteiger partial charge in [0.1, 0.15) is 6.54 Å². The maximum absolute atomic E-state index is 12.5. The minimum absolute atomic E-state index is 0.258. The Labute approximate surface area is 166 Å². The van der Waals surface area contributed by atoms with Crippen LogP contribution < -0.4 is 9.62 Å². The second-order valence-electron chi connectivity index (χ2n) is 6.95. The third-order valence-corrected chi connectivity index (χ3v) is 5.96. The van der Waals surface area contributed by atoms with Crippen LogP contribution in [0.5, 0.6) is 0 Å². The van der Waals surface area contributed by atoms with E-state index in [9.17, 15) is 13.2 Å². The Balaban J connectivity index is 1.76. The molecule has 0 saturated heterocycles. The number of hydrogen-bond donors (Lipinski definition) is 1. The highest BCUT2D eigenvalue weighted by Gasteiger charge is 2.21. The Morgan fingerprint density at radius 1 is 0.964 bits per heavy atom. The number of hydrogen-bond acceptors (Lipinski definition) is 3. The number of nitrogens with zero attached hydrogens (tertiary/aromatic N) is 1. The third-order valence-electron chi connectivity index (χ3n) is 4.82. The molecule has 3 rings (SSSR count). The van der Waals surface area contributed by atoms with E-state index in [0.717, 1.165) is 38.0 Å². The fraction of sp³-hybridized carbons (Fsp3) is 0.227. The first-order valence-corrected chi connectivity index (χ1v) is 10.9. The second-order valence-corrected chi connectivity index (χ2v) is 8.86. The standard InChI is InChI=1S/C22H24N2O3S/c1-16-11-12-20(13-17(16)2)24(28(3,26)27)15-22(25)23-14-19-9-6-8-18-7-4-5-10-21(18)19/h4-13H,14-15H2,1-3H3,(H,23,25). The first-order chi connectivity index (χ1) is 13.3. The molecule has 0 aliphatic carbocycles. The summed E-state index contributed by atoms with van der Waals surface area (Å²) in [6, 6.07) is 19.2. The zero-order chi connectivity index (χ0) is 20.3. The second kappa shape index (κ2) is 8.02. The lowest BCUT2D eigenvalue weighted by Gasteiger charge is -2.22. The van der Waals surface area contributed by atoms with Gasteiger partial charge in [0.25, 0.3) is 0 Å². The summed E-state index contributed by atoms with van der Waals surface area (Å²) in [7, 11) is -3.59. The Bertz CT molecular complexity index is 1120. The highest BCUT2D eigenvalue weighted by molar-refractivity contribution is 7.92. The van der Waals surface area contributed by atoms with Gasteiger partial charge in [-0.2, -0.15) is 0 Å². The van der Waals surface area contributed by atoms with Crippen LogP contribution >= 0.6 is 0 Å². The molecule has 3 aromatic carbocycles. The predicted molar refractivity (Wildman–Crippen MR) is 114 cm³/mol. The highest BCUT2D eigenvalue weighted by atomic mass is 32.2. The van der Waals surface area contributed by atoms with Crippen LogP contribution in [0.3, 0.4) is 0 Å². The van der Waals surface area contributed by atoms with Crippen molar-refractivity contribution >= 4 is 32.4 Å². The van der Waals surface area contributed by atoms with Gasteiger partial charge in [0.2, 0.25) is 15.9 Å². The van der Waals surface area contributed by atoms with Gasteiger partial charge in [-0.15, -0.1) is 0 Å². The Morgan fingerprint density at radius 2 is 1.68 bits per heavy atom. The van der Waals surface area contributed by atoms with Crippen molar-refractivity contribution in [2.24, 2.45) is 0 Å². The number of sulfonamides is 1. The number of aryl methyl sites for hydroxylation is 2. The molecule has 5 nitrogen and oxygen atoms in total. The van der Waals surface area contributed by atoms with Gasteiger partial charge in [0.05, 0.1) is 11.9 Å². The van der Waals surface area contributed by atoms with Crippen molar-refractivity contribution in [1.82, 2.24) is 5.32 Å². The van der Waals surface area contributed by atoms with Crippen LogP contribution in [0.15, 0.2) is 60.7 Å². The van der Waals surface area contributed by atoms with Crippen LogP contribution in [0.2, 0.25) is 0 Å². The molecule has 6 heteroatoms. The number of benzene rings is 3. The summed E-state index contributed by atoms with van der Waals surface area (Å²) in [6.07, 6.45) is 1.11. The number of amides is 1. The Morgan fingerprint density at radius 3 is 2.39 bits per heavy atom. The SMILES string of the molecule is Cc1ccc(N(CC(=O)NCc2cccc3ccccc23)S(C)(=O)=O)cc1C. The molecule has 0 bridgehead atoms. The van der Waals surface area contributed by atoms with Crippen molar-refractivity contribution in [3.8, 4) is 0 Å². The van der Waals surface area contributed by atoms with Crippen molar-refractivity contribution in [3.63, 3.8) is 0 Å². The van der Waals surface area contributed by atoms with Gasteiger partial charge in [0.15, 0.2) is 0 Å². The summed E-state index contributed by atoms with van der Waals surface area (Å²) in [5.74, 6) is -0.350. The topological polar surface area (TPSA) is 66.5 Å². The first-order valence-electron chi connectivity index (χ1n) is 9.04. The molecule has 0 aromatic heterocycles. The fourth-order valence-electron chi connectivity index (χ4n) is 3.11. The molecule has 28 heavy (non-hydrogen) atoms. The molecule has 1 amide bonds. The zero-order valence-corrected chi connectivity index (χ0v) is 17.1. The lowest BCUT2D eigenvalue weighted by molar-refractivity contribution is -0.119. The van der Waals surface area contributed by atoms with E-state index < -0.39 is 10.0 Å². The van der Waals surface area contributed by atoms with E-state index in [4.69, 9.17) is 0 Å². The molecule has 0 saturated carbocycles. The van der Waals surface area contributed by atoms with Gasteiger partial charge in [-0.3, -0.25) is 9.10 Å². The van der Waals surface area contributed by atoms with Crippen molar-refractivity contribution in [2.45, 2.75) is 20.4 Å². The maximum Gasteiger partial charge on any atom is 0.241 e. The van der Waals surface area contributed by atoms with Gasteiger partial charge < -0.3 is 5.32 Å². The van der Waals surface area contributed by atoms with E-state index in [1.165, 1.54) is 0 Å². The van der Waals surface area contributed by atoms with Gasteiger partial charge in [0, 0.05) is 6.54 Å². The largest absolute Gasteiger partial charge is 0.350 e. The smallest absolute Gasteiger partial charge is 0.241 e. The summed E-state index contributed by atoms with van der Waals surface area (Å²) < 4.78 is 25.7. The summed E-state index contributed by atoms with van der Waals surface area (Å²) in [6.45, 7) is 3.96. The first kappa shape index (κ1) is 19.9. The van der Waals surface area contributed by atoms with E-state index in [-0.39, 0.29) is 12.5 Å². The van der Waals surface area contributed by atoms with Crippen molar-refractivity contribution in [2.75, 3.05) is 17.1 Å². The van der Waals surface area contributed by atoms with Crippen LogP contribution in [-0.4, -0.2) is 27.1 Å². The molecule has 0 spiro atoms. The van der Waals surface area contributed by atoms with Crippen LogP contribution in [0.1, 0.15) is 16.7 Å². The van der Waals surface area contributed by atoms with E-state index in [1.54, 1.807) is 12.1 Å². The number of anilines is 1. The summed E-state index contributed by atoms with van der Waals surface area (Å²) >= 11 is 0. The highest BCUT2D eigenvalue weighted by Crippen LogP contribution is 2.21. The van der Waals surface area contributed by atoms with Crippen LogP contribution in [0.25, 0.3) is 10.8 Å². The summed E-state index contributed by atoms with van der Waals surface area (Å²) in [4.78, 5) is 12.5. The van der Waals surface area contributed by atoms with E-state index in [1.807, 2.05) is 62.4 Å². The van der Waals surface area contributed by atoms with Crippen molar-refractivity contribution in [3.05, 3.63) is 77.4 Å². The molecule has 0 aliphatic rings. The van der Waals surface area contributed by atoms with Crippen molar-refractivity contribution in [1.29, 1.82) is 0 Å². The normalized spacial score (nSPS) is 11.4. The molecule has 3 aromatic rings. The average molecular weight is 397 g/mol. The molecule has 0 aliphatic heterocycles. The van der Waals surface area contributed by atoms with E-state index >= 15 is 0 Å². The molecule has 1 N–H and O–H groups in total. The van der Waals surface area contributed by atoms with E-state index in [2.05, 4.69) is 5.32 Å². The monoisotopic (exact) mass is 396 g/mol. The van der Waals surface area contributed by atoms with Gasteiger partial charge in [-0.25, -0.2) is 8.42 Å². The quantitative estimate of drug-likeness (QED) is 0.693. The molecular formula is C22H24N2O3S. The van der Waals surface area contributed by atoms with Crippen LogP contribution in [0.4, 0.5) is 5.69 Å². The number of fused-ring (bicyclic) bond motifs is 1. The summed E-state index contributed by atoms with van der Waals surface area (Å²) in [5.41, 5.74) is 3.52. The zero-order valence-electron chi connectivity index (χ0n) is 16.3. The summed E-state index contributed by atoms with van der Waals surface area (Å²) in [5, 5.41) is 5.01. The van der Waals surface area contributed by atoms with Crippen LogP contribution in [-0.2, 0) is 21.4 Å². The molecular weight excluding hydrogens is 372 g/mol. The van der Waals surface area contributed by atoms with Gasteiger partial charge >= 0.3 is 0 Å². The van der Waals surface area contributed by atoms with E-state index in [0.29, 0.717) is 12.2 Å². The number of carbonyl (C=O) groups excluding carboxylic acids is 1. The molecule has 0 atom stereocenters. The molecule has 0 radical (unpaired) electrons. The maximum atomic E-state index is 12.5. The number of nitrogens with one attached hydrogen (secondary N) is 1. The van der Waals surface area contributed by atoms with Crippen molar-refractivity contribution < 1.29 is 13.2 Å². The van der Waals surface area contributed by atoms with Gasteiger partial charge in [-0.1, -0.05) is 48.5 Å². The lowest BCUT2D eigenvalue weighted by atomic mass is 10.0.